The van der Waals surface area contributed by atoms with Gasteiger partial charge in [0.05, 0.1) is 10.6 Å². The average molecular weight is 281 g/mol. The Kier molecular flexibility index (Phi) is 4.63. The fourth-order valence-electron chi connectivity index (χ4n) is 2.69. The number of hydrogen-bond donors (Lipinski definition) is 1. The van der Waals surface area contributed by atoms with Crippen molar-refractivity contribution in [1.82, 2.24) is 5.32 Å². The lowest BCUT2D eigenvalue weighted by atomic mass is 10.00. The molecule has 0 amide bonds. The molecule has 1 heterocycles. The van der Waals surface area contributed by atoms with E-state index in [-0.39, 0.29) is 11.8 Å². The van der Waals surface area contributed by atoms with Crippen molar-refractivity contribution in [1.29, 1.82) is 0 Å². The third-order valence-electron chi connectivity index (χ3n) is 4.11. The van der Waals surface area contributed by atoms with Crippen LogP contribution in [-0.2, 0) is 9.84 Å². The Morgan fingerprint density at radius 3 is 2.63 bits per heavy atom. The van der Waals surface area contributed by atoms with Crippen LogP contribution in [0, 0.1) is 5.92 Å². The van der Waals surface area contributed by atoms with E-state index in [1.165, 1.54) is 0 Å². The summed E-state index contributed by atoms with van der Waals surface area (Å²) in [5, 5.41) is 3.55. The Morgan fingerprint density at radius 2 is 1.95 bits per heavy atom. The molecular formula is C15H23NO2S. The van der Waals surface area contributed by atoms with E-state index in [1.54, 1.807) is 12.1 Å². The summed E-state index contributed by atoms with van der Waals surface area (Å²) in [7, 11) is -3.06. The quantitative estimate of drug-likeness (QED) is 0.902. The normalized spacial score (nSPS) is 21.3. The third-order valence-corrected chi connectivity index (χ3v) is 5.93. The minimum absolute atomic E-state index is 0.181. The van der Waals surface area contributed by atoms with Gasteiger partial charge in [-0.05, 0) is 30.5 Å². The van der Waals surface area contributed by atoms with E-state index in [4.69, 9.17) is 0 Å². The maximum atomic E-state index is 12.0. The van der Waals surface area contributed by atoms with Gasteiger partial charge in [-0.3, -0.25) is 0 Å². The molecule has 1 aliphatic heterocycles. The second-order valence-corrected chi connectivity index (χ2v) is 7.37. The molecule has 0 aliphatic carbocycles. The summed E-state index contributed by atoms with van der Waals surface area (Å²) in [5.74, 6) is 0.927. The van der Waals surface area contributed by atoms with Crippen molar-refractivity contribution in [2.45, 2.75) is 44.0 Å². The molecule has 0 bridgehead atoms. The van der Waals surface area contributed by atoms with Crippen LogP contribution >= 0.6 is 0 Å². The van der Waals surface area contributed by atoms with Gasteiger partial charge in [0.25, 0.3) is 0 Å². The van der Waals surface area contributed by atoms with Crippen LogP contribution in [0.3, 0.4) is 0 Å². The van der Waals surface area contributed by atoms with Gasteiger partial charge in [-0.2, -0.15) is 0 Å². The van der Waals surface area contributed by atoms with Gasteiger partial charge >= 0.3 is 0 Å². The molecule has 1 unspecified atom stereocenters. The van der Waals surface area contributed by atoms with Gasteiger partial charge in [-0.15, -0.1) is 0 Å². The van der Waals surface area contributed by atoms with E-state index in [9.17, 15) is 8.42 Å². The van der Waals surface area contributed by atoms with E-state index < -0.39 is 9.84 Å². The van der Waals surface area contributed by atoms with Gasteiger partial charge in [0.15, 0.2) is 9.84 Å². The van der Waals surface area contributed by atoms with E-state index in [2.05, 4.69) is 19.2 Å². The Hall–Kier alpha value is -0.870. The number of sulfone groups is 1. The summed E-state index contributed by atoms with van der Waals surface area (Å²) in [6, 6.07) is 7.58. The zero-order valence-corrected chi connectivity index (χ0v) is 12.5. The largest absolute Gasteiger partial charge is 0.310 e. The van der Waals surface area contributed by atoms with Crippen molar-refractivity contribution in [3.8, 4) is 0 Å². The van der Waals surface area contributed by atoms with E-state index in [0.717, 1.165) is 24.9 Å². The summed E-state index contributed by atoms with van der Waals surface area (Å²) in [6.45, 7) is 5.37. The highest BCUT2D eigenvalue weighted by atomic mass is 32.2. The summed E-state index contributed by atoms with van der Waals surface area (Å²) < 4.78 is 24.1. The highest BCUT2D eigenvalue weighted by molar-refractivity contribution is 7.91. The first-order chi connectivity index (χ1) is 9.08. The van der Waals surface area contributed by atoms with Crippen LogP contribution in [0.15, 0.2) is 29.2 Å². The summed E-state index contributed by atoms with van der Waals surface area (Å²) in [5.41, 5.74) is 0.944. The molecule has 1 aliphatic rings. The Labute approximate surface area is 116 Å². The third kappa shape index (κ3) is 3.18. The minimum atomic E-state index is -3.06. The number of nitrogens with one attached hydrogen (secondary N) is 1. The molecule has 0 aromatic heterocycles. The number of rotatable bonds is 5. The molecule has 1 N–H and O–H groups in total. The molecule has 0 radical (unpaired) electrons. The maximum Gasteiger partial charge on any atom is 0.178 e. The van der Waals surface area contributed by atoms with Crippen LogP contribution in [0.5, 0.6) is 0 Å². The molecule has 19 heavy (non-hydrogen) atoms. The summed E-state index contributed by atoms with van der Waals surface area (Å²) in [4.78, 5) is 0.517. The monoisotopic (exact) mass is 281 g/mol. The first-order valence-electron chi connectivity index (χ1n) is 7.13. The Balaban J connectivity index is 2.16. The molecule has 1 aromatic carbocycles. The molecule has 1 aromatic rings. The van der Waals surface area contributed by atoms with E-state index in [1.807, 2.05) is 12.1 Å². The van der Waals surface area contributed by atoms with Crippen molar-refractivity contribution in [2.24, 2.45) is 5.92 Å². The van der Waals surface area contributed by atoms with Gasteiger partial charge in [0.2, 0.25) is 0 Å². The Morgan fingerprint density at radius 1 is 1.26 bits per heavy atom. The van der Waals surface area contributed by atoms with Gasteiger partial charge in [-0.25, -0.2) is 8.42 Å². The second-order valence-electron chi connectivity index (χ2n) is 5.29. The molecule has 0 saturated heterocycles. The lowest BCUT2D eigenvalue weighted by Crippen LogP contribution is -2.32. The lowest BCUT2D eigenvalue weighted by Gasteiger charge is -2.27. The first-order valence-corrected chi connectivity index (χ1v) is 8.78. The van der Waals surface area contributed by atoms with Gasteiger partial charge in [0, 0.05) is 6.04 Å². The molecule has 0 spiro atoms. The summed E-state index contributed by atoms with van der Waals surface area (Å²) in [6.07, 6.45) is 3.01. The smallest absolute Gasteiger partial charge is 0.178 e. The first kappa shape index (κ1) is 14.5. The highest BCUT2D eigenvalue weighted by Crippen LogP contribution is 2.32. The van der Waals surface area contributed by atoms with Crippen LogP contribution in [0.1, 0.15) is 44.7 Å². The highest BCUT2D eigenvalue weighted by Gasteiger charge is 2.29. The Bertz CT molecular complexity index is 521. The van der Waals surface area contributed by atoms with Crippen LogP contribution in [-0.4, -0.2) is 20.7 Å². The fraction of sp³-hybridized carbons (Fsp3) is 0.600. The number of fused-ring (bicyclic) bond motifs is 1. The van der Waals surface area contributed by atoms with Crippen molar-refractivity contribution in [3.63, 3.8) is 0 Å². The molecule has 0 saturated carbocycles. The van der Waals surface area contributed by atoms with Crippen molar-refractivity contribution >= 4 is 9.84 Å². The molecular weight excluding hydrogens is 258 g/mol. The van der Waals surface area contributed by atoms with E-state index >= 15 is 0 Å². The standard InChI is InChI=1S/C15H23NO2S/c1-3-12(4-2)11-16-14-9-10-19(17,18)15-8-6-5-7-13(14)15/h5-8,12,14,16H,3-4,9-11H2,1-2H3. The lowest BCUT2D eigenvalue weighted by molar-refractivity contribution is 0.400. The molecule has 2 rings (SSSR count). The van der Waals surface area contributed by atoms with Gasteiger partial charge in [0.1, 0.15) is 0 Å². The van der Waals surface area contributed by atoms with Gasteiger partial charge in [-0.1, -0.05) is 44.9 Å². The topological polar surface area (TPSA) is 46.2 Å². The predicted molar refractivity (Wildman–Crippen MR) is 77.9 cm³/mol. The molecule has 0 fully saturated rings. The zero-order valence-electron chi connectivity index (χ0n) is 11.7. The van der Waals surface area contributed by atoms with Crippen LogP contribution in [0.2, 0.25) is 0 Å². The molecule has 1 atom stereocenters. The SMILES string of the molecule is CCC(CC)CNC1CCS(=O)(=O)c2ccccc21. The summed E-state index contributed by atoms with van der Waals surface area (Å²) >= 11 is 0. The van der Waals surface area contributed by atoms with Crippen LogP contribution in [0.4, 0.5) is 0 Å². The molecule has 3 nitrogen and oxygen atoms in total. The molecule has 4 heteroatoms. The minimum Gasteiger partial charge on any atom is -0.310 e. The second kappa shape index (κ2) is 6.06. The van der Waals surface area contributed by atoms with Crippen molar-refractivity contribution in [3.05, 3.63) is 29.8 Å². The van der Waals surface area contributed by atoms with Crippen molar-refractivity contribution < 1.29 is 8.42 Å². The maximum absolute atomic E-state index is 12.0. The predicted octanol–water partition coefficient (Wildman–Crippen LogP) is 2.93. The van der Waals surface area contributed by atoms with Crippen molar-refractivity contribution in [2.75, 3.05) is 12.3 Å². The fourth-order valence-corrected chi connectivity index (χ4v) is 4.31. The average Bonchev–Trinajstić information content (AvgIpc) is 2.42. The zero-order chi connectivity index (χ0) is 13.9. The number of benzene rings is 1. The van der Waals surface area contributed by atoms with Crippen LogP contribution < -0.4 is 5.32 Å². The van der Waals surface area contributed by atoms with Crippen LogP contribution in [0.25, 0.3) is 0 Å². The van der Waals surface area contributed by atoms with E-state index in [0.29, 0.717) is 17.2 Å². The van der Waals surface area contributed by atoms with Gasteiger partial charge < -0.3 is 5.32 Å². The number of hydrogen-bond acceptors (Lipinski definition) is 3. The molecule has 106 valence electrons.